The molecule has 5 heteroatoms. The molecule has 0 aliphatic heterocycles. The molecule has 0 aliphatic carbocycles. The van der Waals surface area contributed by atoms with E-state index >= 15 is 0 Å². The number of imidazole rings is 1. The van der Waals surface area contributed by atoms with E-state index in [2.05, 4.69) is 4.98 Å². The normalized spacial score (nSPS) is 11.2. The van der Waals surface area contributed by atoms with Gasteiger partial charge in [0.15, 0.2) is 5.69 Å². The second-order valence-electron chi connectivity index (χ2n) is 3.99. The lowest BCUT2D eigenvalue weighted by Gasteiger charge is -2.03. The maximum atomic E-state index is 11.0. The van der Waals surface area contributed by atoms with Gasteiger partial charge < -0.3 is 15.2 Å². The number of nitrogens with zero attached hydrogens (tertiary/aromatic N) is 2. The molecular formula is C11H13N3O2. The first-order valence-corrected chi connectivity index (χ1v) is 5.01. The molecule has 0 bridgehead atoms. The fraction of sp³-hybridized carbons (Fsp3) is 0.273. The summed E-state index contributed by atoms with van der Waals surface area (Å²) in [5.74, 6) is -0.147. The highest BCUT2D eigenvalue weighted by Crippen LogP contribution is 2.21. The fourth-order valence-electron chi connectivity index (χ4n) is 1.69. The van der Waals surface area contributed by atoms with Gasteiger partial charge in [-0.25, -0.2) is 9.78 Å². The van der Waals surface area contributed by atoms with Crippen LogP contribution < -0.4 is 5.73 Å². The van der Waals surface area contributed by atoms with Crippen molar-refractivity contribution in [3.63, 3.8) is 0 Å². The summed E-state index contributed by atoms with van der Waals surface area (Å²) in [5, 5.41) is 9.05. The van der Waals surface area contributed by atoms with Crippen molar-refractivity contribution in [2.45, 2.75) is 19.8 Å². The fourth-order valence-corrected chi connectivity index (χ4v) is 1.69. The number of rotatable bonds is 2. The van der Waals surface area contributed by atoms with Crippen LogP contribution in [0.4, 0.5) is 5.69 Å². The van der Waals surface area contributed by atoms with Crippen LogP contribution in [0, 0.1) is 0 Å². The van der Waals surface area contributed by atoms with Crippen LogP contribution >= 0.6 is 0 Å². The number of aromatic carboxylic acids is 1. The van der Waals surface area contributed by atoms with Gasteiger partial charge in [0.2, 0.25) is 0 Å². The average molecular weight is 219 g/mol. The Bertz CT molecular complexity index is 558. The van der Waals surface area contributed by atoms with E-state index in [-0.39, 0.29) is 11.6 Å². The molecule has 0 spiro atoms. The minimum Gasteiger partial charge on any atom is -0.476 e. The number of nitrogen functional groups attached to an aromatic ring is 1. The van der Waals surface area contributed by atoms with Gasteiger partial charge in [-0.3, -0.25) is 0 Å². The highest BCUT2D eigenvalue weighted by molar-refractivity contribution is 5.94. The van der Waals surface area contributed by atoms with Crippen LogP contribution in [-0.4, -0.2) is 20.5 Å². The van der Waals surface area contributed by atoms with Gasteiger partial charge >= 0.3 is 5.97 Å². The van der Waals surface area contributed by atoms with Gasteiger partial charge in [0.05, 0.1) is 5.52 Å². The average Bonchev–Trinajstić information content (AvgIpc) is 2.56. The molecule has 16 heavy (non-hydrogen) atoms. The number of hydrogen-bond donors (Lipinski definition) is 2. The predicted octanol–water partition coefficient (Wildman–Crippen LogP) is 1.74. The highest BCUT2D eigenvalue weighted by atomic mass is 16.4. The molecular weight excluding hydrogens is 206 g/mol. The van der Waals surface area contributed by atoms with E-state index in [9.17, 15) is 4.79 Å². The zero-order valence-corrected chi connectivity index (χ0v) is 9.14. The van der Waals surface area contributed by atoms with Crippen molar-refractivity contribution in [3.05, 3.63) is 29.8 Å². The molecule has 0 saturated heterocycles. The molecule has 0 saturated carbocycles. The summed E-state index contributed by atoms with van der Waals surface area (Å²) in [6.07, 6.45) is 1.75. The van der Waals surface area contributed by atoms with Gasteiger partial charge in [-0.2, -0.15) is 0 Å². The zero-order chi connectivity index (χ0) is 11.9. The first kappa shape index (κ1) is 10.5. The van der Waals surface area contributed by atoms with Crippen molar-refractivity contribution in [2.75, 3.05) is 5.73 Å². The molecule has 2 aromatic rings. The Kier molecular flexibility index (Phi) is 2.30. The SMILES string of the molecule is CC(C)c1nc(C(=O)O)c2cc(N)ccn12. The first-order valence-electron chi connectivity index (χ1n) is 5.01. The Balaban J connectivity index is 2.81. The summed E-state index contributed by atoms with van der Waals surface area (Å²) >= 11 is 0. The maximum absolute atomic E-state index is 11.0. The quantitative estimate of drug-likeness (QED) is 0.806. The van der Waals surface area contributed by atoms with Crippen LogP contribution in [0.15, 0.2) is 18.3 Å². The second-order valence-corrected chi connectivity index (χ2v) is 3.99. The van der Waals surface area contributed by atoms with Crippen LogP contribution in [0.25, 0.3) is 5.52 Å². The summed E-state index contributed by atoms with van der Waals surface area (Å²) in [6, 6.07) is 3.36. The number of hydrogen-bond acceptors (Lipinski definition) is 3. The topological polar surface area (TPSA) is 80.6 Å². The van der Waals surface area contributed by atoms with E-state index in [1.165, 1.54) is 0 Å². The number of nitrogens with two attached hydrogens (primary N) is 1. The van der Waals surface area contributed by atoms with E-state index in [1.807, 2.05) is 13.8 Å². The number of fused-ring (bicyclic) bond motifs is 1. The van der Waals surface area contributed by atoms with Gasteiger partial charge in [0.1, 0.15) is 5.82 Å². The minimum absolute atomic E-state index is 0.0519. The minimum atomic E-state index is -1.03. The Hall–Kier alpha value is -2.04. The van der Waals surface area contributed by atoms with E-state index in [0.29, 0.717) is 11.2 Å². The van der Waals surface area contributed by atoms with Crippen molar-refractivity contribution in [3.8, 4) is 0 Å². The van der Waals surface area contributed by atoms with Crippen molar-refractivity contribution in [2.24, 2.45) is 0 Å². The van der Waals surface area contributed by atoms with Gasteiger partial charge in [-0.05, 0) is 12.1 Å². The molecule has 0 atom stereocenters. The predicted molar refractivity (Wildman–Crippen MR) is 60.7 cm³/mol. The molecule has 2 rings (SSSR count). The molecule has 0 aliphatic rings. The Labute approximate surface area is 92.5 Å². The first-order chi connectivity index (χ1) is 7.50. The van der Waals surface area contributed by atoms with E-state index in [0.717, 1.165) is 5.82 Å². The Morgan fingerprint density at radius 3 is 2.81 bits per heavy atom. The van der Waals surface area contributed by atoms with Crippen molar-refractivity contribution in [1.82, 2.24) is 9.38 Å². The number of anilines is 1. The van der Waals surface area contributed by atoms with Gasteiger partial charge in [-0.15, -0.1) is 0 Å². The largest absolute Gasteiger partial charge is 0.476 e. The third kappa shape index (κ3) is 1.50. The third-order valence-electron chi connectivity index (χ3n) is 2.41. The second kappa shape index (κ2) is 3.52. The van der Waals surface area contributed by atoms with E-state index in [4.69, 9.17) is 10.8 Å². The third-order valence-corrected chi connectivity index (χ3v) is 2.41. The van der Waals surface area contributed by atoms with E-state index < -0.39 is 5.97 Å². The number of pyridine rings is 1. The van der Waals surface area contributed by atoms with Crippen molar-refractivity contribution >= 4 is 17.2 Å². The highest BCUT2D eigenvalue weighted by Gasteiger charge is 2.18. The zero-order valence-electron chi connectivity index (χ0n) is 9.14. The van der Waals surface area contributed by atoms with Crippen LogP contribution in [0.5, 0.6) is 0 Å². The standard InChI is InChI=1S/C11H13N3O2/c1-6(2)10-13-9(11(15)16)8-5-7(12)3-4-14(8)10/h3-6H,12H2,1-2H3,(H,15,16). The molecule has 2 aromatic heterocycles. The van der Waals surface area contributed by atoms with Crippen LogP contribution in [0.2, 0.25) is 0 Å². The Morgan fingerprint density at radius 1 is 1.56 bits per heavy atom. The van der Waals surface area contributed by atoms with E-state index in [1.54, 1.807) is 22.7 Å². The molecule has 3 N–H and O–H groups in total. The molecule has 5 nitrogen and oxygen atoms in total. The van der Waals surface area contributed by atoms with Crippen molar-refractivity contribution < 1.29 is 9.90 Å². The lowest BCUT2D eigenvalue weighted by Crippen LogP contribution is -1.98. The van der Waals surface area contributed by atoms with Gasteiger partial charge in [0.25, 0.3) is 0 Å². The Morgan fingerprint density at radius 2 is 2.25 bits per heavy atom. The van der Waals surface area contributed by atoms with Crippen LogP contribution in [-0.2, 0) is 0 Å². The molecule has 84 valence electrons. The van der Waals surface area contributed by atoms with Gasteiger partial charge in [0, 0.05) is 17.8 Å². The molecule has 0 radical (unpaired) electrons. The summed E-state index contributed by atoms with van der Waals surface area (Å²) in [6.45, 7) is 3.94. The molecule has 0 amide bonds. The summed E-state index contributed by atoms with van der Waals surface area (Å²) < 4.78 is 1.77. The number of carbonyl (C=O) groups is 1. The number of carboxylic acids is 1. The van der Waals surface area contributed by atoms with Crippen LogP contribution in [0.3, 0.4) is 0 Å². The van der Waals surface area contributed by atoms with Gasteiger partial charge in [-0.1, -0.05) is 13.8 Å². The van der Waals surface area contributed by atoms with Crippen molar-refractivity contribution in [1.29, 1.82) is 0 Å². The smallest absolute Gasteiger partial charge is 0.356 e. The monoisotopic (exact) mass is 219 g/mol. The lowest BCUT2D eigenvalue weighted by atomic mass is 10.2. The molecule has 2 heterocycles. The summed E-state index contributed by atoms with van der Waals surface area (Å²) in [5.41, 5.74) is 6.77. The maximum Gasteiger partial charge on any atom is 0.356 e. The number of aromatic nitrogens is 2. The molecule has 0 unspecified atom stereocenters. The molecule has 0 aromatic carbocycles. The lowest BCUT2D eigenvalue weighted by molar-refractivity contribution is 0.0693. The van der Waals surface area contributed by atoms with Crippen LogP contribution in [0.1, 0.15) is 36.1 Å². The summed E-state index contributed by atoms with van der Waals surface area (Å²) in [7, 11) is 0. The number of carboxylic acid groups (broad SMARTS) is 1. The molecule has 0 fully saturated rings. The summed E-state index contributed by atoms with van der Waals surface area (Å²) in [4.78, 5) is 15.2.